The monoisotopic (exact) mass is 333 g/mol. The molecule has 2 aromatic rings. The summed E-state index contributed by atoms with van der Waals surface area (Å²) in [7, 11) is -4.66. The maximum atomic E-state index is 12.4. The van der Waals surface area contributed by atoms with Gasteiger partial charge in [-0.3, -0.25) is 4.79 Å². The Balaban J connectivity index is 2.77. The second-order valence-electron chi connectivity index (χ2n) is 4.07. The standard InChI is InChI=1S/C11H6F3N3O4S/c1-17-7-3-2-6(5-15)16-10(7)8(4-9(17)18)21-22(19,20)11(12,13)14/h2-4H,1H3. The van der Waals surface area contributed by atoms with Gasteiger partial charge in [0.15, 0.2) is 5.75 Å². The first-order chi connectivity index (χ1) is 10.1. The topological polar surface area (TPSA) is 102 Å². The Kier molecular flexibility index (Phi) is 3.58. The molecule has 0 aliphatic heterocycles. The van der Waals surface area contributed by atoms with Gasteiger partial charge in [0.25, 0.3) is 5.56 Å². The highest BCUT2D eigenvalue weighted by atomic mass is 32.2. The number of aryl methyl sites for hydroxylation is 1. The van der Waals surface area contributed by atoms with E-state index < -0.39 is 26.9 Å². The molecule has 0 unspecified atom stereocenters. The molecular formula is C11H6F3N3O4S. The van der Waals surface area contributed by atoms with Crippen molar-refractivity contribution < 1.29 is 25.8 Å². The largest absolute Gasteiger partial charge is 0.534 e. The lowest BCUT2D eigenvalue weighted by Crippen LogP contribution is -2.29. The minimum atomic E-state index is -5.96. The van der Waals surface area contributed by atoms with Crippen LogP contribution in [0.15, 0.2) is 23.0 Å². The highest BCUT2D eigenvalue weighted by Crippen LogP contribution is 2.29. The lowest BCUT2D eigenvalue weighted by molar-refractivity contribution is -0.0499. The van der Waals surface area contributed by atoms with Gasteiger partial charge in [-0.05, 0) is 12.1 Å². The van der Waals surface area contributed by atoms with E-state index in [1.54, 1.807) is 6.07 Å². The molecule has 2 rings (SSSR count). The first-order valence-electron chi connectivity index (χ1n) is 5.48. The first-order valence-corrected chi connectivity index (χ1v) is 6.89. The third kappa shape index (κ3) is 2.60. The van der Waals surface area contributed by atoms with Crippen molar-refractivity contribution in [2.45, 2.75) is 5.51 Å². The van der Waals surface area contributed by atoms with Crippen LogP contribution in [0, 0.1) is 11.3 Å². The van der Waals surface area contributed by atoms with E-state index in [0.29, 0.717) is 6.07 Å². The minimum Gasteiger partial charge on any atom is -0.373 e. The van der Waals surface area contributed by atoms with Gasteiger partial charge >= 0.3 is 15.6 Å². The molecule has 0 aromatic carbocycles. The van der Waals surface area contributed by atoms with Crippen LogP contribution in [0.4, 0.5) is 13.2 Å². The fourth-order valence-corrected chi connectivity index (χ4v) is 2.05. The molecule has 0 saturated heterocycles. The second-order valence-corrected chi connectivity index (χ2v) is 5.60. The number of hydrogen-bond acceptors (Lipinski definition) is 6. The summed E-state index contributed by atoms with van der Waals surface area (Å²) in [5.74, 6) is -0.896. The highest BCUT2D eigenvalue weighted by Gasteiger charge is 2.48. The van der Waals surface area contributed by atoms with Gasteiger partial charge in [0.2, 0.25) is 0 Å². The lowest BCUT2D eigenvalue weighted by atomic mass is 10.2. The number of pyridine rings is 2. The Hall–Kier alpha value is -2.61. The summed E-state index contributed by atoms with van der Waals surface area (Å²) >= 11 is 0. The van der Waals surface area contributed by atoms with Crippen LogP contribution in [0.2, 0.25) is 0 Å². The summed E-state index contributed by atoms with van der Waals surface area (Å²) in [6.45, 7) is 0. The van der Waals surface area contributed by atoms with Crippen molar-refractivity contribution in [1.82, 2.24) is 9.55 Å². The van der Waals surface area contributed by atoms with Crippen molar-refractivity contribution in [3.63, 3.8) is 0 Å². The quantitative estimate of drug-likeness (QED) is 0.601. The molecule has 0 aliphatic carbocycles. The van der Waals surface area contributed by atoms with E-state index in [1.807, 2.05) is 0 Å². The Morgan fingerprint density at radius 3 is 2.55 bits per heavy atom. The molecule has 2 heterocycles. The van der Waals surface area contributed by atoms with Crippen molar-refractivity contribution in [1.29, 1.82) is 5.26 Å². The van der Waals surface area contributed by atoms with Crippen LogP contribution >= 0.6 is 0 Å². The van der Waals surface area contributed by atoms with E-state index in [1.165, 1.54) is 19.2 Å². The average Bonchev–Trinajstić information content (AvgIpc) is 2.42. The number of hydrogen-bond donors (Lipinski definition) is 0. The smallest absolute Gasteiger partial charge is 0.373 e. The molecule has 0 radical (unpaired) electrons. The van der Waals surface area contributed by atoms with Gasteiger partial charge in [0.05, 0.1) is 5.52 Å². The number of nitriles is 1. The molecule has 11 heteroatoms. The summed E-state index contributed by atoms with van der Waals surface area (Å²) in [5, 5.41) is 8.75. The average molecular weight is 333 g/mol. The molecule has 0 bridgehead atoms. The molecule has 0 fully saturated rings. The molecule has 7 nitrogen and oxygen atoms in total. The van der Waals surface area contributed by atoms with Gasteiger partial charge in [0, 0.05) is 13.1 Å². The van der Waals surface area contributed by atoms with Crippen molar-refractivity contribution in [3.8, 4) is 11.8 Å². The van der Waals surface area contributed by atoms with Gasteiger partial charge in [0.1, 0.15) is 17.3 Å². The maximum Gasteiger partial charge on any atom is 0.534 e. The zero-order valence-corrected chi connectivity index (χ0v) is 11.6. The van der Waals surface area contributed by atoms with Crippen LogP contribution in [0.1, 0.15) is 5.69 Å². The van der Waals surface area contributed by atoms with E-state index in [-0.39, 0.29) is 16.7 Å². The Morgan fingerprint density at radius 2 is 2.00 bits per heavy atom. The van der Waals surface area contributed by atoms with Gasteiger partial charge in [-0.2, -0.15) is 26.9 Å². The molecule has 0 amide bonds. The molecule has 0 saturated carbocycles. The number of aromatic nitrogens is 2. The van der Waals surface area contributed by atoms with Crippen LogP contribution in [-0.2, 0) is 17.2 Å². The molecule has 0 atom stereocenters. The SMILES string of the molecule is Cn1c(=O)cc(OS(=O)(=O)C(F)(F)F)c2nc(C#N)ccc21. The summed E-state index contributed by atoms with van der Waals surface area (Å²) < 4.78 is 64.3. The molecule has 22 heavy (non-hydrogen) atoms. The zero-order valence-electron chi connectivity index (χ0n) is 10.7. The molecule has 0 aliphatic rings. The van der Waals surface area contributed by atoms with Gasteiger partial charge < -0.3 is 8.75 Å². The van der Waals surface area contributed by atoms with Crippen LogP contribution in [0.25, 0.3) is 11.0 Å². The van der Waals surface area contributed by atoms with E-state index in [2.05, 4.69) is 9.17 Å². The van der Waals surface area contributed by atoms with Crippen LogP contribution in [0.5, 0.6) is 5.75 Å². The number of fused-ring (bicyclic) bond motifs is 1. The molecule has 116 valence electrons. The van der Waals surface area contributed by atoms with E-state index in [9.17, 15) is 26.4 Å². The predicted molar refractivity (Wildman–Crippen MR) is 67.3 cm³/mol. The second kappa shape index (κ2) is 4.99. The van der Waals surface area contributed by atoms with Crippen LogP contribution < -0.4 is 9.74 Å². The van der Waals surface area contributed by atoms with Crippen molar-refractivity contribution in [2.24, 2.45) is 7.05 Å². The number of alkyl halides is 3. The van der Waals surface area contributed by atoms with Crippen LogP contribution in [0.3, 0.4) is 0 Å². The third-order valence-corrected chi connectivity index (χ3v) is 3.62. The predicted octanol–water partition coefficient (Wildman–Crippen LogP) is 1.03. The van der Waals surface area contributed by atoms with Crippen molar-refractivity contribution >= 4 is 21.2 Å². The lowest BCUT2D eigenvalue weighted by Gasteiger charge is -2.12. The van der Waals surface area contributed by atoms with Crippen molar-refractivity contribution in [3.05, 3.63) is 34.2 Å². The van der Waals surface area contributed by atoms with Crippen LogP contribution in [-0.4, -0.2) is 23.5 Å². The fourth-order valence-electron chi connectivity index (χ4n) is 1.59. The Bertz CT molecular complexity index is 957. The van der Waals surface area contributed by atoms with Gasteiger partial charge in [-0.1, -0.05) is 0 Å². The van der Waals surface area contributed by atoms with E-state index in [0.717, 1.165) is 4.57 Å². The van der Waals surface area contributed by atoms with Gasteiger partial charge in [-0.25, -0.2) is 4.98 Å². The first kappa shape index (κ1) is 15.8. The normalized spacial score (nSPS) is 12.1. The minimum absolute atomic E-state index is 0.0128. The highest BCUT2D eigenvalue weighted by molar-refractivity contribution is 7.88. The molecular weight excluding hydrogens is 327 g/mol. The third-order valence-electron chi connectivity index (χ3n) is 2.65. The molecule has 0 spiro atoms. The number of rotatable bonds is 2. The fraction of sp³-hybridized carbons (Fsp3) is 0.182. The number of halogens is 3. The number of nitrogens with zero attached hydrogens (tertiary/aromatic N) is 3. The summed E-state index contributed by atoms with van der Waals surface area (Å²) in [4.78, 5) is 15.3. The summed E-state index contributed by atoms with van der Waals surface area (Å²) in [6, 6.07) is 4.67. The zero-order chi connectivity index (χ0) is 16.7. The van der Waals surface area contributed by atoms with E-state index >= 15 is 0 Å². The molecule has 2 aromatic heterocycles. The van der Waals surface area contributed by atoms with E-state index in [4.69, 9.17) is 5.26 Å². The maximum absolute atomic E-state index is 12.4. The van der Waals surface area contributed by atoms with Crippen molar-refractivity contribution in [2.75, 3.05) is 0 Å². The summed E-state index contributed by atoms with van der Waals surface area (Å²) in [6.07, 6.45) is 0. The molecule has 0 N–H and O–H groups in total. The summed E-state index contributed by atoms with van der Waals surface area (Å²) in [5.41, 5.74) is -6.98. The van der Waals surface area contributed by atoms with Gasteiger partial charge in [-0.15, -0.1) is 0 Å². The Morgan fingerprint density at radius 1 is 1.36 bits per heavy atom. The Labute approximate surface area is 121 Å².